The zero-order valence-electron chi connectivity index (χ0n) is 10.4. The Bertz CT molecular complexity index is 284. The number of hydrogen-bond acceptors (Lipinski definition) is 3. The maximum Gasteiger partial charge on any atom is 0.177 e. The van der Waals surface area contributed by atoms with E-state index in [0.29, 0.717) is 13.0 Å². The van der Waals surface area contributed by atoms with Crippen molar-refractivity contribution in [1.29, 1.82) is 0 Å². The molecule has 0 fully saturated rings. The van der Waals surface area contributed by atoms with Crippen molar-refractivity contribution in [2.75, 3.05) is 6.54 Å². The lowest BCUT2D eigenvalue weighted by molar-refractivity contribution is -0.126. The van der Waals surface area contributed by atoms with Crippen LogP contribution in [0.25, 0.3) is 0 Å². The number of allylic oxidation sites excluding steroid dienone is 1. The fourth-order valence-corrected chi connectivity index (χ4v) is 2.19. The van der Waals surface area contributed by atoms with Crippen molar-refractivity contribution in [3.63, 3.8) is 0 Å². The van der Waals surface area contributed by atoms with E-state index < -0.39 is 6.29 Å². The summed E-state index contributed by atoms with van der Waals surface area (Å²) >= 11 is 0. The van der Waals surface area contributed by atoms with Gasteiger partial charge in [-0.3, -0.25) is 0 Å². The van der Waals surface area contributed by atoms with Crippen LogP contribution in [0.5, 0.6) is 0 Å². The third kappa shape index (κ3) is 2.94. The first-order chi connectivity index (χ1) is 7.61. The molecule has 16 heavy (non-hydrogen) atoms. The lowest BCUT2D eigenvalue weighted by atomic mass is 9.87. The Kier molecular flexibility index (Phi) is 5.19. The maximum atomic E-state index is 9.82. The van der Waals surface area contributed by atoms with Crippen LogP contribution in [0, 0.1) is 5.92 Å². The Morgan fingerprint density at radius 3 is 2.75 bits per heavy atom. The molecule has 0 aromatic carbocycles. The normalized spacial score (nSPS) is 31.4. The van der Waals surface area contributed by atoms with Gasteiger partial charge >= 0.3 is 0 Å². The Labute approximate surface area is 98.0 Å². The van der Waals surface area contributed by atoms with Gasteiger partial charge < -0.3 is 15.6 Å². The molecule has 0 aromatic rings. The monoisotopic (exact) mass is 225 g/mol. The lowest BCUT2D eigenvalue weighted by Crippen LogP contribution is -2.35. The van der Waals surface area contributed by atoms with Gasteiger partial charge in [0, 0.05) is 5.92 Å². The topological polar surface area (TPSA) is 55.5 Å². The molecular formula is C13H23NO2. The van der Waals surface area contributed by atoms with Crippen LogP contribution in [0.15, 0.2) is 23.3 Å². The summed E-state index contributed by atoms with van der Waals surface area (Å²) in [4.78, 5) is 0. The van der Waals surface area contributed by atoms with Crippen molar-refractivity contribution in [1.82, 2.24) is 0 Å². The van der Waals surface area contributed by atoms with Gasteiger partial charge in [0.2, 0.25) is 0 Å². The van der Waals surface area contributed by atoms with Crippen molar-refractivity contribution in [2.24, 2.45) is 11.7 Å². The van der Waals surface area contributed by atoms with Gasteiger partial charge in [-0.2, -0.15) is 0 Å². The van der Waals surface area contributed by atoms with E-state index in [1.807, 2.05) is 6.92 Å². The van der Waals surface area contributed by atoms with E-state index in [0.717, 1.165) is 12.0 Å². The van der Waals surface area contributed by atoms with E-state index in [2.05, 4.69) is 26.0 Å². The van der Waals surface area contributed by atoms with E-state index in [9.17, 15) is 5.11 Å². The number of rotatable bonds is 4. The minimum Gasteiger partial charge on any atom is -0.364 e. The molecule has 3 atom stereocenters. The lowest BCUT2D eigenvalue weighted by Gasteiger charge is -2.34. The molecule has 0 amide bonds. The average molecular weight is 225 g/mol. The first-order valence-corrected chi connectivity index (χ1v) is 6.01. The SMILES string of the molecule is CC/C=C\C1C(C)=C(CCN)[C@@H](O)OC1C. The summed E-state index contributed by atoms with van der Waals surface area (Å²) in [5.74, 6) is 0.268. The van der Waals surface area contributed by atoms with Gasteiger partial charge in [0.1, 0.15) is 0 Å². The van der Waals surface area contributed by atoms with Crippen LogP contribution in [0.2, 0.25) is 0 Å². The zero-order chi connectivity index (χ0) is 12.1. The van der Waals surface area contributed by atoms with Crippen LogP contribution in [0.4, 0.5) is 0 Å². The van der Waals surface area contributed by atoms with Crippen molar-refractivity contribution >= 4 is 0 Å². The van der Waals surface area contributed by atoms with Gasteiger partial charge in [-0.05, 0) is 38.8 Å². The Morgan fingerprint density at radius 2 is 2.19 bits per heavy atom. The molecule has 1 aliphatic heterocycles. The fraction of sp³-hybridized carbons (Fsp3) is 0.692. The summed E-state index contributed by atoms with van der Waals surface area (Å²) < 4.78 is 5.52. The van der Waals surface area contributed by atoms with Gasteiger partial charge in [0.25, 0.3) is 0 Å². The summed E-state index contributed by atoms with van der Waals surface area (Å²) in [6.07, 6.45) is 5.29. The van der Waals surface area contributed by atoms with Crippen LogP contribution >= 0.6 is 0 Å². The van der Waals surface area contributed by atoms with Gasteiger partial charge in [0.05, 0.1) is 6.10 Å². The Hall–Kier alpha value is -0.640. The molecule has 0 bridgehead atoms. The van der Waals surface area contributed by atoms with Gasteiger partial charge in [-0.25, -0.2) is 0 Å². The van der Waals surface area contributed by atoms with Crippen LogP contribution in [-0.2, 0) is 4.74 Å². The summed E-state index contributed by atoms with van der Waals surface area (Å²) in [6, 6.07) is 0. The van der Waals surface area contributed by atoms with Crippen molar-refractivity contribution in [2.45, 2.75) is 46.0 Å². The van der Waals surface area contributed by atoms with Crippen molar-refractivity contribution in [3.05, 3.63) is 23.3 Å². The second kappa shape index (κ2) is 6.18. The molecule has 0 spiro atoms. The van der Waals surface area contributed by atoms with E-state index >= 15 is 0 Å². The molecular weight excluding hydrogens is 202 g/mol. The van der Waals surface area contributed by atoms with Crippen molar-refractivity contribution in [3.8, 4) is 0 Å². The second-order valence-electron chi connectivity index (χ2n) is 4.30. The summed E-state index contributed by atoms with van der Waals surface area (Å²) in [6.45, 7) is 6.72. The minimum atomic E-state index is -0.773. The highest BCUT2D eigenvalue weighted by molar-refractivity contribution is 5.25. The molecule has 1 rings (SSSR count). The highest BCUT2D eigenvalue weighted by Gasteiger charge is 2.30. The maximum absolute atomic E-state index is 9.82. The number of hydrogen-bond donors (Lipinski definition) is 2. The number of aliphatic hydroxyl groups excluding tert-OH is 1. The molecule has 3 heteroatoms. The van der Waals surface area contributed by atoms with Crippen LogP contribution < -0.4 is 5.73 Å². The highest BCUT2D eigenvalue weighted by Crippen LogP contribution is 2.32. The van der Waals surface area contributed by atoms with Crippen LogP contribution in [0.1, 0.15) is 33.6 Å². The predicted octanol–water partition coefficient (Wildman–Crippen LogP) is 1.97. The second-order valence-corrected chi connectivity index (χ2v) is 4.30. The van der Waals surface area contributed by atoms with Gasteiger partial charge in [-0.15, -0.1) is 0 Å². The molecule has 1 heterocycles. The summed E-state index contributed by atoms with van der Waals surface area (Å²) in [5.41, 5.74) is 7.71. The highest BCUT2D eigenvalue weighted by atomic mass is 16.6. The standard InChI is InChI=1S/C13H23NO2/c1-4-5-6-11-9(2)12(7-8-14)13(15)16-10(11)3/h5-6,10-11,13,15H,4,7-8,14H2,1-3H3/b6-5-/t10?,11?,13-/m0/s1. The summed E-state index contributed by atoms with van der Waals surface area (Å²) in [5, 5.41) is 9.82. The largest absolute Gasteiger partial charge is 0.364 e. The third-order valence-electron chi connectivity index (χ3n) is 3.15. The van der Waals surface area contributed by atoms with E-state index in [1.54, 1.807) is 0 Å². The molecule has 0 saturated heterocycles. The smallest absolute Gasteiger partial charge is 0.177 e. The number of nitrogens with two attached hydrogens (primary N) is 1. The molecule has 1 aliphatic rings. The zero-order valence-corrected chi connectivity index (χ0v) is 10.4. The van der Waals surface area contributed by atoms with Crippen LogP contribution in [0.3, 0.4) is 0 Å². The van der Waals surface area contributed by atoms with Gasteiger partial charge in [0.15, 0.2) is 6.29 Å². The van der Waals surface area contributed by atoms with E-state index in [-0.39, 0.29) is 12.0 Å². The van der Waals surface area contributed by atoms with Gasteiger partial charge in [-0.1, -0.05) is 24.6 Å². The van der Waals surface area contributed by atoms with Crippen molar-refractivity contribution < 1.29 is 9.84 Å². The number of ether oxygens (including phenoxy) is 1. The molecule has 2 unspecified atom stereocenters. The van der Waals surface area contributed by atoms with E-state index in [4.69, 9.17) is 10.5 Å². The molecule has 0 saturated carbocycles. The molecule has 0 aliphatic carbocycles. The fourth-order valence-electron chi connectivity index (χ4n) is 2.19. The molecule has 3 N–H and O–H groups in total. The minimum absolute atomic E-state index is 0.0272. The average Bonchev–Trinajstić information content (AvgIpc) is 2.24. The Morgan fingerprint density at radius 1 is 1.50 bits per heavy atom. The molecule has 92 valence electrons. The summed E-state index contributed by atoms with van der Waals surface area (Å²) in [7, 11) is 0. The first kappa shape index (κ1) is 13.4. The molecule has 0 radical (unpaired) electrons. The number of aliphatic hydroxyl groups is 1. The predicted molar refractivity (Wildman–Crippen MR) is 65.8 cm³/mol. The quantitative estimate of drug-likeness (QED) is 0.719. The van der Waals surface area contributed by atoms with Crippen LogP contribution in [-0.4, -0.2) is 24.0 Å². The first-order valence-electron chi connectivity index (χ1n) is 6.01. The molecule has 3 nitrogen and oxygen atoms in total. The Balaban J connectivity index is 2.93. The van der Waals surface area contributed by atoms with E-state index in [1.165, 1.54) is 5.57 Å². The molecule has 0 aromatic heterocycles. The third-order valence-corrected chi connectivity index (χ3v) is 3.15.